The fraction of sp³-hybridized carbons (Fsp3) is 0.200. The third-order valence-corrected chi connectivity index (χ3v) is 6.81. The van der Waals surface area contributed by atoms with Gasteiger partial charge >= 0.3 is 0 Å². The molecule has 7 aromatic rings. The number of tetrazole rings is 2. The second kappa shape index (κ2) is 12.6. The van der Waals surface area contributed by atoms with Gasteiger partial charge in [0.2, 0.25) is 5.82 Å². The van der Waals surface area contributed by atoms with E-state index in [9.17, 15) is 0 Å². The molecular weight excluding hydrogens is 564 g/mol. The number of H-pyrrole nitrogens is 2. The van der Waals surface area contributed by atoms with E-state index in [0.717, 1.165) is 40.0 Å². The van der Waals surface area contributed by atoms with Crippen molar-refractivity contribution in [3.8, 4) is 23.2 Å². The van der Waals surface area contributed by atoms with E-state index < -0.39 is 0 Å². The van der Waals surface area contributed by atoms with Gasteiger partial charge in [-0.05, 0) is 75.3 Å². The Balaban J connectivity index is 1.02. The lowest BCUT2D eigenvalue weighted by Crippen LogP contribution is -2.05. The second-order valence-electron chi connectivity index (χ2n) is 9.92. The number of hydrogen-bond acceptors (Lipinski definition) is 12. The molecule has 0 saturated heterocycles. The number of nitrogens with zero attached hydrogens (tertiary/aromatic N) is 8. The first kappa shape index (κ1) is 27.1. The van der Waals surface area contributed by atoms with Crippen LogP contribution in [0, 0.1) is 0 Å². The molecule has 0 aliphatic heterocycles. The minimum Gasteiger partial charge on any atom is -0.493 e. The second-order valence-corrected chi connectivity index (χ2v) is 9.92. The fourth-order valence-electron chi connectivity index (χ4n) is 4.64. The topological polar surface area (TPSA) is 176 Å². The molecule has 0 amide bonds. The third kappa shape index (κ3) is 6.34. The SMILES string of the molecule is c1ccc2nc(COc3ccc(OCCCc4nnn[nH]4)c(COCc4ccc5nc(-c6nnn[nH]6)oc5c4)c3)ccc2c1. The highest BCUT2D eigenvalue weighted by atomic mass is 16.5. The highest BCUT2D eigenvalue weighted by molar-refractivity contribution is 5.78. The van der Waals surface area contributed by atoms with Crippen LogP contribution in [0.3, 0.4) is 0 Å². The van der Waals surface area contributed by atoms with E-state index in [1.165, 1.54) is 0 Å². The first-order valence-electron chi connectivity index (χ1n) is 13.9. The van der Waals surface area contributed by atoms with Crippen LogP contribution in [0.1, 0.15) is 29.1 Å². The van der Waals surface area contributed by atoms with Crippen LogP contribution in [0.4, 0.5) is 0 Å². The van der Waals surface area contributed by atoms with Crippen LogP contribution in [-0.2, 0) is 31.0 Å². The quantitative estimate of drug-likeness (QED) is 0.182. The minimum absolute atomic E-state index is 0.302. The Bertz CT molecular complexity index is 1980. The molecule has 2 N–H and O–H groups in total. The number of fused-ring (bicyclic) bond motifs is 2. The van der Waals surface area contributed by atoms with E-state index in [0.29, 0.717) is 67.2 Å². The highest BCUT2D eigenvalue weighted by Crippen LogP contribution is 2.27. The summed E-state index contributed by atoms with van der Waals surface area (Å²) in [6.45, 7) is 1.47. The first-order chi connectivity index (χ1) is 21.8. The summed E-state index contributed by atoms with van der Waals surface area (Å²) in [5.41, 5.74) is 4.87. The fourth-order valence-corrected chi connectivity index (χ4v) is 4.64. The molecule has 0 radical (unpaired) electrons. The largest absolute Gasteiger partial charge is 0.493 e. The maximum absolute atomic E-state index is 6.13. The minimum atomic E-state index is 0.302. The summed E-state index contributed by atoms with van der Waals surface area (Å²) in [5, 5.41) is 28.6. The van der Waals surface area contributed by atoms with Crippen LogP contribution in [0.5, 0.6) is 11.5 Å². The van der Waals surface area contributed by atoms with Crippen molar-refractivity contribution in [3.05, 3.63) is 95.4 Å². The summed E-state index contributed by atoms with van der Waals surface area (Å²) in [4.78, 5) is 9.13. The van der Waals surface area contributed by atoms with E-state index in [2.05, 4.69) is 52.3 Å². The lowest BCUT2D eigenvalue weighted by Gasteiger charge is -2.14. The summed E-state index contributed by atoms with van der Waals surface area (Å²) in [6.07, 6.45) is 1.42. The Hall–Kier alpha value is -5.76. The Labute approximate surface area is 249 Å². The molecule has 0 saturated carbocycles. The van der Waals surface area contributed by atoms with Crippen molar-refractivity contribution in [2.45, 2.75) is 32.7 Å². The first-order valence-corrected chi connectivity index (χ1v) is 13.9. The van der Waals surface area contributed by atoms with E-state index in [-0.39, 0.29) is 0 Å². The smallest absolute Gasteiger partial charge is 0.267 e. The normalized spacial score (nSPS) is 11.4. The summed E-state index contributed by atoms with van der Waals surface area (Å²) in [5.74, 6) is 2.81. The number of oxazole rings is 1. The lowest BCUT2D eigenvalue weighted by molar-refractivity contribution is 0.104. The lowest BCUT2D eigenvalue weighted by atomic mass is 10.2. The Kier molecular flexibility index (Phi) is 7.78. The average molecular weight is 591 g/mol. The van der Waals surface area contributed by atoms with Gasteiger partial charge in [-0.2, -0.15) is 0 Å². The Morgan fingerprint density at radius 1 is 0.750 bits per heavy atom. The zero-order valence-electron chi connectivity index (χ0n) is 23.4. The number of benzene rings is 3. The van der Waals surface area contributed by atoms with Crippen molar-refractivity contribution in [2.75, 3.05) is 6.61 Å². The molecule has 14 nitrogen and oxygen atoms in total. The van der Waals surface area contributed by atoms with Crippen molar-refractivity contribution in [1.29, 1.82) is 0 Å². The van der Waals surface area contributed by atoms with Crippen LogP contribution in [0.2, 0.25) is 0 Å². The van der Waals surface area contributed by atoms with Crippen LogP contribution >= 0.6 is 0 Å². The van der Waals surface area contributed by atoms with Gasteiger partial charge in [-0.1, -0.05) is 30.3 Å². The zero-order chi connectivity index (χ0) is 29.6. The molecule has 4 heterocycles. The molecule has 0 atom stereocenters. The van der Waals surface area contributed by atoms with E-state index in [1.807, 2.05) is 66.7 Å². The molecule has 220 valence electrons. The summed E-state index contributed by atoms with van der Waals surface area (Å²) < 4.78 is 24.2. The predicted octanol–water partition coefficient (Wildman–Crippen LogP) is 4.38. The van der Waals surface area contributed by atoms with Gasteiger partial charge in [0.05, 0.1) is 31.0 Å². The van der Waals surface area contributed by atoms with Crippen molar-refractivity contribution in [1.82, 2.24) is 51.2 Å². The molecule has 4 aromatic heterocycles. The van der Waals surface area contributed by atoms with Gasteiger partial charge in [0, 0.05) is 17.4 Å². The number of aryl methyl sites for hydroxylation is 1. The molecule has 0 aliphatic carbocycles. The van der Waals surface area contributed by atoms with Crippen LogP contribution in [-0.4, -0.2) is 57.8 Å². The van der Waals surface area contributed by atoms with Crippen LogP contribution < -0.4 is 9.47 Å². The summed E-state index contributed by atoms with van der Waals surface area (Å²) in [6, 6.07) is 23.5. The van der Waals surface area contributed by atoms with Crippen LogP contribution in [0.25, 0.3) is 33.7 Å². The standard InChI is InChI=1S/C30H26N10O4/c1-2-5-24-20(4-1)8-9-22(31-24)18-43-23-10-12-26(42-13-3-6-28-33-37-38-34-28)21(15-23)17-41-16-19-7-11-25-27(14-19)44-30(32-25)29-35-39-40-36-29/h1-2,4-5,7-12,14-15H,3,6,13,16-18H2,(H,33,34,37,38)(H,35,36,39,40). The molecule has 0 fully saturated rings. The number of ether oxygens (including phenoxy) is 3. The predicted molar refractivity (Wildman–Crippen MR) is 156 cm³/mol. The summed E-state index contributed by atoms with van der Waals surface area (Å²) >= 11 is 0. The Morgan fingerprint density at radius 3 is 2.59 bits per heavy atom. The van der Waals surface area contributed by atoms with Gasteiger partial charge in [0.1, 0.15) is 29.4 Å². The van der Waals surface area contributed by atoms with Gasteiger partial charge in [-0.25, -0.2) is 20.2 Å². The maximum atomic E-state index is 6.13. The molecular formula is C30H26N10O4. The molecule has 0 bridgehead atoms. The number of aromatic nitrogens is 10. The number of aromatic amines is 2. The zero-order valence-corrected chi connectivity index (χ0v) is 23.4. The van der Waals surface area contributed by atoms with Crippen molar-refractivity contribution < 1.29 is 18.6 Å². The molecule has 0 spiro atoms. The Morgan fingerprint density at radius 2 is 1.68 bits per heavy atom. The van der Waals surface area contributed by atoms with Gasteiger partial charge in [0.15, 0.2) is 5.58 Å². The van der Waals surface area contributed by atoms with Gasteiger partial charge in [0.25, 0.3) is 5.89 Å². The van der Waals surface area contributed by atoms with Gasteiger partial charge in [-0.3, -0.25) is 0 Å². The molecule has 0 aliphatic rings. The van der Waals surface area contributed by atoms with E-state index in [4.69, 9.17) is 23.6 Å². The number of rotatable bonds is 13. The average Bonchev–Trinajstić information content (AvgIpc) is 3.85. The van der Waals surface area contributed by atoms with Crippen molar-refractivity contribution in [2.24, 2.45) is 0 Å². The number of nitrogens with one attached hydrogen (secondary N) is 2. The molecule has 0 unspecified atom stereocenters. The highest BCUT2D eigenvalue weighted by Gasteiger charge is 2.13. The molecule has 7 rings (SSSR count). The van der Waals surface area contributed by atoms with Crippen LogP contribution in [0.15, 0.2) is 77.2 Å². The monoisotopic (exact) mass is 590 g/mol. The third-order valence-electron chi connectivity index (χ3n) is 6.81. The van der Waals surface area contributed by atoms with Gasteiger partial charge < -0.3 is 18.6 Å². The number of hydrogen-bond donors (Lipinski definition) is 2. The van der Waals surface area contributed by atoms with Crippen molar-refractivity contribution in [3.63, 3.8) is 0 Å². The molecule has 3 aromatic carbocycles. The molecule has 44 heavy (non-hydrogen) atoms. The van der Waals surface area contributed by atoms with E-state index >= 15 is 0 Å². The number of para-hydroxylation sites is 1. The summed E-state index contributed by atoms with van der Waals surface area (Å²) in [7, 11) is 0. The maximum Gasteiger partial charge on any atom is 0.267 e. The van der Waals surface area contributed by atoms with E-state index in [1.54, 1.807) is 0 Å². The van der Waals surface area contributed by atoms with Gasteiger partial charge in [-0.15, -0.1) is 10.2 Å². The number of pyridine rings is 1. The molecule has 14 heteroatoms. The van der Waals surface area contributed by atoms with Crippen molar-refractivity contribution >= 4 is 22.0 Å².